The van der Waals surface area contributed by atoms with Gasteiger partial charge in [-0.2, -0.15) is 0 Å². The fourth-order valence-corrected chi connectivity index (χ4v) is 3.06. The lowest BCUT2D eigenvalue weighted by molar-refractivity contribution is -0.130. The second kappa shape index (κ2) is 7.15. The summed E-state index contributed by atoms with van der Waals surface area (Å²) < 4.78 is 31.5. The number of nitrogens with zero attached hydrogens (tertiary/aromatic N) is 1. The number of ether oxygens (including phenoxy) is 2. The van der Waals surface area contributed by atoms with Crippen molar-refractivity contribution in [2.24, 2.45) is 0 Å². The molecule has 6 heteroatoms. The Morgan fingerprint density at radius 1 is 1.00 bits per heavy atom. The largest absolute Gasteiger partial charge is 0.482 e. The molecule has 0 radical (unpaired) electrons. The van der Waals surface area contributed by atoms with Crippen LogP contribution in [-0.2, 0) is 11.3 Å². The maximum Gasteiger partial charge on any atom is 0.272 e. The quantitative estimate of drug-likeness (QED) is 0.694. The summed E-state index contributed by atoms with van der Waals surface area (Å²) in [5, 5.41) is 0. The fraction of sp³-hybridized carbons (Fsp3) is 0.190. The van der Waals surface area contributed by atoms with Crippen LogP contribution in [0.1, 0.15) is 12.7 Å². The number of amides is 1. The zero-order valence-corrected chi connectivity index (χ0v) is 14.7. The molecule has 0 unspecified atom stereocenters. The molecule has 0 N–H and O–H groups in total. The summed E-state index contributed by atoms with van der Waals surface area (Å²) in [7, 11) is 0. The summed E-state index contributed by atoms with van der Waals surface area (Å²) in [6, 6.07) is 16.7. The highest BCUT2D eigenvalue weighted by atomic mass is 19.1. The van der Waals surface area contributed by atoms with E-state index in [1.807, 2.05) is 6.07 Å². The maximum absolute atomic E-state index is 14.4. The van der Waals surface area contributed by atoms with Crippen LogP contribution in [0.25, 0.3) is 0 Å². The molecule has 1 aliphatic heterocycles. The van der Waals surface area contributed by atoms with Gasteiger partial charge in [0.2, 0.25) is 6.10 Å². The van der Waals surface area contributed by atoms with Crippen molar-refractivity contribution in [2.75, 3.05) is 4.90 Å². The molecule has 0 fully saturated rings. The second-order valence-electron chi connectivity index (χ2n) is 6.26. The van der Waals surface area contributed by atoms with Gasteiger partial charge in [0, 0.05) is 0 Å². The molecule has 1 aliphatic rings. The van der Waals surface area contributed by atoms with Gasteiger partial charge >= 0.3 is 0 Å². The highest BCUT2D eigenvalue weighted by Crippen LogP contribution is 2.35. The lowest BCUT2D eigenvalue weighted by Gasteiger charge is -2.34. The van der Waals surface area contributed by atoms with Crippen LogP contribution < -0.4 is 14.4 Å². The molecule has 138 valence electrons. The molecule has 1 aromatic heterocycles. The molecule has 4 rings (SSSR count). The average Bonchev–Trinajstić information content (AvgIpc) is 3.19. The molecule has 2 heterocycles. The number of fused-ring (bicyclic) bond motifs is 1. The number of para-hydroxylation sites is 3. The van der Waals surface area contributed by atoms with Crippen LogP contribution in [0, 0.1) is 5.82 Å². The topological polar surface area (TPSA) is 51.9 Å². The van der Waals surface area contributed by atoms with Crippen LogP contribution in [-0.4, -0.2) is 18.1 Å². The molecule has 2 atom stereocenters. The van der Waals surface area contributed by atoms with Crippen molar-refractivity contribution in [2.45, 2.75) is 25.7 Å². The van der Waals surface area contributed by atoms with E-state index in [1.54, 1.807) is 55.5 Å². The third kappa shape index (κ3) is 3.38. The molecule has 1 amide bonds. The van der Waals surface area contributed by atoms with E-state index in [4.69, 9.17) is 13.9 Å². The smallest absolute Gasteiger partial charge is 0.272 e. The van der Waals surface area contributed by atoms with Crippen molar-refractivity contribution in [1.29, 1.82) is 0 Å². The number of halogens is 1. The molecule has 2 aromatic carbocycles. The minimum Gasteiger partial charge on any atom is -0.482 e. The number of furan rings is 1. The summed E-state index contributed by atoms with van der Waals surface area (Å²) in [6.07, 6.45) is 0.0751. The van der Waals surface area contributed by atoms with Gasteiger partial charge in [-0.25, -0.2) is 4.39 Å². The Kier molecular flexibility index (Phi) is 4.54. The third-order valence-electron chi connectivity index (χ3n) is 4.39. The molecule has 5 nitrogen and oxygen atoms in total. The van der Waals surface area contributed by atoms with E-state index in [1.165, 1.54) is 17.2 Å². The van der Waals surface area contributed by atoms with Gasteiger partial charge in [-0.15, -0.1) is 0 Å². The molecule has 0 bridgehead atoms. The van der Waals surface area contributed by atoms with E-state index >= 15 is 0 Å². The standard InChI is InChI=1S/C21H18FNO4/c1-14-20(27-19-11-5-4-10-18(19)26-14)21(24)23(13-15-7-6-12-25-15)17-9-3-2-8-16(17)22/h2-12,14,20H,13H2,1H3/t14-,20+/m0/s1. The van der Waals surface area contributed by atoms with Crippen LogP contribution in [0.15, 0.2) is 71.3 Å². The number of hydrogen-bond acceptors (Lipinski definition) is 4. The number of carbonyl (C=O) groups is 1. The van der Waals surface area contributed by atoms with Gasteiger partial charge in [0.05, 0.1) is 18.5 Å². The van der Waals surface area contributed by atoms with Gasteiger partial charge in [0.15, 0.2) is 11.5 Å². The summed E-state index contributed by atoms with van der Waals surface area (Å²) in [5.41, 5.74) is 0.161. The first-order valence-corrected chi connectivity index (χ1v) is 8.64. The molecule has 0 saturated carbocycles. The first kappa shape index (κ1) is 17.1. The lowest BCUT2D eigenvalue weighted by atomic mass is 10.1. The molecule has 3 aromatic rings. The minimum absolute atomic E-state index is 0.0843. The molecule has 0 saturated heterocycles. The first-order valence-electron chi connectivity index (χ1n) is 8.64. The van der Waals surface area contributed by atoms with E-state index in [2.05, 4.69) is 0 Å². The molecule has 27 heavy (non-hydrogen) atoms. The van der Waals surface area contributed by atoms with Crippen LogP contribution >= 0.6 is 0 Å². The summed E-state index contributed by atoms with van der Waals surface area (Å²) >= 11 is 0. The summed E-state index contributed by atoms with van der Waals surface area (Å²) in [6.45, 7) is 1.84. The van der Waals surface area contributed by atoms with Crippen LogP contribution in [0.2, 0.25) is 0 Å². The SMILES string of the molecule is C[C@@H]1Oc2ccccc2O[C@H]1C(=O)N(Cc1ccco1)c1ccccc1F. The maximum atomic E-state index is 14.4. The number of benzene rings is 2. The Labute approximate surface area is 155 Å². The van der Waals surface area contributed by atoms with Crippen molar-refractivity contribution in [3.8, 4) is 11.5 Å². The lowest BCUT2D eigenvalue weighted by Crippen LogP contribution is -2.50. The van der Waals surface area contributed by atoms with E-state index in [-0.39, 0.29) is 12.2 Å². The Balaban J connectivity index is 1.67. The highest BCUT2D eigenvalue weighted by Gasteiger charge is 2.38. The van der Waals surface area contributed by atoms with Crippen molar-refractivity contribution >= 4 is 11.6 Å². The Bertz CT molecular complexity index is 941. The Hall–Kier alpha value is -3.28. The zero-order valence-electron chi connectivity index (χ0n) is 14.7. The van der Waals surface area contributed by atoms with Crippen LogP contribution in [0.5, 0.6) is 11.5 Å². The monoisotopic (exact) mass is 367 g/mol. The van der Waals surface area contributed by atoms with E-state index in [0.29, 0.717) is 17.3 Å². The Morgan fingerprint density at radius 3 is 2.41 bits per heavy atom. The zero-order chi connectivity index (χ0) is 18.8. The summed E-state index contributed by atoms with van der Waals surface area (Å²) in [4.78, 5) is 14.6. The van der Waals surface area contributed by atoms with Gasteiger partial charge in [0.1, 0.15) is 17.7 Å². The summed E-state index contributed by atoms with van der Waals surface area (Å²) in [5.74, 6) is 0.704. The van der Waals surface area contributed by atoms with Gasteiger partial charge in [-0.1, -0.05) is 24.3 Å². The third-order valence-corrected chi connectivity index (χ3v) is 4.39. The van der Waals surface area contributed by atoms with Crippen molar-refractivity contribution in [3.05, 3.63) is 78.5 Å². The predicted octanol–water partition coefficient (Wildman–Crippen LogP) is 4.18. The molecule has 0 spiro atoms. The van der Waals surface area contributed by atoms with E-state index in [0.717, 1.165) is 0 Å². The average molecular weight is 367 g/mol. The van der Waals surface area contributed by atoms with Crippen molar-refractivity contribution in [3.63, 3.8) is 0 Å². The van der Waals surface area contributed by atoms with Gasteiger partial charge in [-0.3, -0.25) is 9.69 Å². The second-order valence-corrected chi connectivity index (χ2v) is 6.26. The molecule has 0 aliphatic carbocycles. The molecular formula is C21H18FNO4. The highest BCUT2D eigenvalue weighted by molar-refractivity contribution is 5.97. The Morgan fingerprint density at radius 2 is 1.70 bits per heavy atom. The van der Waals surface area contributed by atoms with Gasteiger partial charge in [0.25, 0.3) is 5.91 Å². The minimum atomic E-state index is -0.908. The normalized spacial score (nSPS) is 18.1. The fourth-order valence-electron chi connectivity index (χ4n) is 3.06. The van der Waals surface area contributed by atoms with Gasteiger partial charge in [-0.05, 0) is 43.3 Å². The predicted molar refractivity (Wildman–Crippen MR) is 97.2 cm³/mol. The van der Waals surface area contributed by atoms with Crippen LogP contribution in [0.3, 0.4) is 0 Å². The number of anilines is 1. The first-order chi connectivity index (χ1) is 13.1. The van der Waals surface area contributed by atoms with Crippen molar-refractivity contribution in [1.82, 2.24) is 0 Å². The molecular weight excluding hydrogens is 349 g/mol. The van der Waals surface area contributed by atoms with E-state index in [9.17, 15) is 9.18 Å². The number of carbonyl (C=O) groups excluding carboxylic acids is 1. The van der Waals surface area contributed by atoms with E-state index < -0.39 is 23.9 Å². The van der Waals surface area contributed by atoms with Gasteiger partial charge < -0.3 is 13.9 Å². The van der Waals surface area contributed by atoms with Crippen molar-refractivity contribution < 1.29 is 23.1 Å². The van der Waals surface area contributed by atoms with Crippen LogP contribution in [0.4, 0.5) is 10.1 Å². The number of rotatable bonds is 4. The number of hydrogen-bond donors (Lipinski definition) is 0.